The van der Waals surface area contributed by atoms with Crippen molar-refractivity contribution in [1.29, 1.82) is 0 Å². The normalized spacial score (nSPS) is 12.3. The molecule has 0 aliphatic heterocycles. The lowest BCUT2D eigenvalue weighted by Crippen LogP contribution is -1.95. The Balaban J connectivity index is 1.91. The van der Waals surface area contributed by atoms with E-state index in [-0.39, 0.29) is 0 Å². The molecule has 1 unspecified atom stereocenters. The summed E-state index contributed by atoms with van der Waals surface area (Å²) in [4.78, 5) is 9.62. The maximum Gasteiger partial charge on any atom is 0.394 e. The maximum absolute atomic E-state index is 9.62. The van der Waals surface area contributed by atoms with Gasteiger partial charge in [0.2, 0.25) is 0 Å². The number of unbranched alkanes of at least 4 members (excludes halogenated alkanes) is 7. The number of para-hydroxylation sites is 1. The van der Waals surface area contributed by atoms with E-state index in [1.165, 1.54) is 44.9 Å². The molecule has 0 saturated carbocycles. The molecule has 0 bridgehead atoms. The second-order valence-corrected chi connectivity index (χ2v) is 5.87. The number of hydrogen-bond acceptors (Lipinski definition) is 3. The van der Waals surface area contributed by atoms with E-state index in [1.807, 2.05) is 30.3 Å². The van der Waals surface area contributed by atoms with Gasteiger partial charge in [-0.3, -0.25) is 0 Å². The molecule has 1 aromatic carbocycles. The van der Waals surface area contributed by atoms with E-state index in [1.54, 1.807) is 0 Å². The third kappa shape index (κ3) is 9.30. The number of benzene rings is 1. The fourth-order valence-electron chi connectivity index (χ4n) is 1.98. The zero-order valence-electron chi connectivity index (χ0n) is 12.5. The smallest absolute Gasteiger partial charge is 0.394 e. The van der Waals surface area contributed by atoms with Gasteiger partial charge >= 0.3 is 8.60 Å². The van der Waals surface area contributed by atoms with Crippen LogP contribution in [0.2, 0.25) is 0 Å². The first kappa shape index (κ1) is 17.4. The van der Waals surface area contributed by atoms with E-state index in [2.05, 4.69) is 6.92 Å². The Morgan fingerprint density at radius 1 is 0.900 bits per heavy atom. The van der Waals surface area contributed by atoms with Gasteiger partial charge in [-0.25, -0.2) is 0 Å². The van der Waals surface area contributed by atoms with Crippen LogP contribution < -0.4 is 4.52 Å². The predicted molar refractivity (Wildman–Crippen MR) is 84.8 cm³/mol. The molecular weight excluding hydrogens is 271 g/mol. The summed E-state index contributed by atoms with van der Waals surface area (Å²) in [5.74, 6) is 0.650. The van der Waals surface area contributed by atoms with Crippen molar-refractivity contribution in [2.24, 2.45) is 0 Å². The quantitative estimate of drug-likeness (QED) is 0.412. The molecule has 0 aliphatic carbocycles. The Hall–Kier alpha value is -0.630. The molecule has 114 valence electrons. The minimum Gasteiger partial charge on any atom is -0.427 e. The highest BCUT2D eigenvalue weighted by atomic mass is 31.2. The van der Waals surface area contributed by atoms with Gasteiger partial charge in [0, 0.05) is 0 Å². The molecular formula is C16H27O3P. The summed E-state index contributed by atoms with van der Waals surface area (Å²) < 4.78 is 10.6. The van der Waals surface area contributed by atoms with Crippen molar-refractivity contribution in [3.63, 3.8) is 0 Å². The average molecular weight is 298 g/mol. The summed E-state index contributed by atoms with van der Waals surface area (Å²) in [6, 6.07) is 9.28. The molecule has 1 rings (SSSR count). The Kier molecular flexibility index (Phi) is 10.6. The van der Waals surface area contributed by atoms with Gasteiger partial charge < -0.3 is 13.9 Å². The summed E-state index contributed by atoms with van der Waals surface area (Å²) in [5.41, 5.74) is 0. The highest BCUT2D eigenvalue weighted by Gasteiger charge is 2.07. The molecule has 0 aliphatic rings. The highest BCUT2D eigenvalue weighted by Crippen LogP contribution is 2.34. The third-order valence-electron chi connectivity index (χ3n) is 3.13. The Morgan fingerprint density at radius 3 is 2.15 bits per heavy atom. The molecule has 0 saturated heterocycles. The molecule has 4 heteroatoms. The van der Waals surface area contributed by atoms with Gasteiger partial charge in [-0.15, -0.1) is 0 Å². The summed E-state index contributed by atoms with van der Waals surface area (Å²) in [5, 5.41) is 0. The van der Waals surface area contributed by atoms with E-state index in [0.717, 1.165) is 6.42 Å². The fourth-order valence-corrected chi connectivity index (χ4v) is 2.62. The molecule has 20 heavy (non-hydrogen) atoms. The van der Waals surface area contributed by atoms with Crippen LogP contribution in [0.25, 0.3) is 0 Å². The average Bonchev–Trinajstić information content (AvgIpc) is 2.46. The van der Waals surface area contributed by atoms with Gasteiger partial charge in [0.1, 0.15) is 5.75 Å². The van der Waals surface area contributed by atoms with Gasteiger partial charge in [-0.1, -0.05) is 70.1 Å². The van der Waals surface area contributed by atoms with Crippen LogP contribution in [-0.4, -0.2) is 11.5 Å². The van der Waals surface area contributed by atoms with Crippen LogP contribution >= 0.6 is 8.60 Å². The van der Waals surface area contributed by atoms with E-state index >= 15 is 0 Å². The van der Waals surface area contributed by atoms with Crippen molar-refractivity contribution in [2.75, 3.05) is 6.61 Å². The first-order chi connectivity index (χ1) is 9.83. The zero-order chi connectivity index (χ0) is 14.5. The maximum atomic E-state index is 9.62. The molecule has 0 fully saturated rings. The summed E-state index contributed by atoms with van der Waals surface area (Å²) >= 11 is 0. The van der Waals surface area contributed by atoms with E-state index in [9.17, 15) is 4.89 Å². The third-order valence-corrected chi connectivity index (χ3v) is 3.90. The number of rotatable bonds is 12. The fraction of sp³-hybridized carbons (Fsp3) is 0.625. The molecule has 0 spiro atoms. The zero-order valence-corrected chi connectivity index (χ0v) is 13.4. The molecule has 3 nitrogen and oxygen atoms in total. The van der Waals surface area contributed by atoms with Crippen molar-refractivity contribution >= 4 is 8.60 Å². The summed E-state index contributed by atoms with van der Waals surface area (Å²) in [7, 11) is -1.79. The molecule has 1 atom stereocenters. The number of hydrogen-bond donors (Lipinski definition) is 1. The second-order valence-electron chi connectivity index (χ2n) is 4.95. The SMILES string of the molecule is CCCCCCCCCCOP(O)Oc1ccccc1. The summed E-state index contributed by atoms with van der Waals surface area (Å²) in [6.07, 6.45) is 10.1. The van der Waals surface area contributed by atoms with Crippen LogP contribution in [0.15, 0.2) is 30.3 Å². The lowest BCUT2D eigenvalue weighted by atomic mass is 10.1. The lowest BCUT2D eigenvalue weighted by molar-refractivity contribution is 0.253. The van der Waals surface area contributed by atoms with Gasteiger partial charge in [-0.2, -0.15) is 0 Å². The summed E-state index contributed by atoms with van der Waals surface area (Å²) in [6.45, 7) is 2.81. The Bertz CT molecular complexity index is 319. The van der Waals surface area contributed by atoms with Gasteiger partial charge in [-0.05, 0) is 18.6 Å². The van der Waals surface area contributed by atoms with Crippen LogP contribution in [0.5, 0.6) is 5.75 Å². The van der Waals surface area contributed by atoms with Gasteiger partial charge in [0.25, 0.3) is 0 Å². The van der Waals surface area contributed by atoms with Crippen molar-refractivity contribution in [3.8, 4) is 5.75 Å². The van der Waals surface area contributed by atoms with Crippen molar-refractivity contribution in [3.05, 3.63) is 30.3 Å². The molecule has 1 N–H and O–H groups in total. The molecule has 0 radical (unpaired) electrons. The molecule has 0 heterocycles. The topological polar surface area (TPSA) is 38.7 Å². The lowest BCUT2D eigenvalue weighted by Gasteiger charge is -2.11. The van der Waals surface area contributed by atoms with Crippen molar-refractivity contribution < 1.29 is 13.9 Å². The Labute approximate surface area is 124 Å². The molecule has 0 aromatic heterocycles. The van der Waals surface area contributed by atoms with E-state index in [4.69, 9.17) is 9.05 Å². The van der Waals surface area contributed by atoms with Crippen molar-refractivity contribution in [1.82, 2.24) is 0 Å². The monoisotopic (exact) mass is 298 g/mol. The van der Waals surface area contributed by atoms with Gasteiger partial charge in [0.15, 0.2) is 0 Å². The Morgan fingerprint density at radius 2 is 1.50 bits per heavy atom. The first-order valence-corrected chi connectivity index (χ1v) is 8.81. The highest BCUT2D eigenvalue weighted by molar-refractivity contribution is 7.41. The van der Waals surface area contributed by atoms with Crippen LogP contribution in [0.1, 0.15) is 58.3 Å². The van der Waals surface area contributed by atoms with Crippen LogP contribution in [-0.2, 0) is 4.52 Å². The minimum atomic E-state index is -1.79. The second kappa shape index (κ2) is 12.1. The largest absolute Gasteiger partial charge is 0.427 e. The standard InChI is InChI=1S/C16H27O3P/c1-2-3-4-5-6-7-8-12-15-18-20(17)19-16-13-10-9-11-14-16/h9-11,13-14,17H,2-8,12,15H2,1H3. The molecule has 1 aromatic rings. The van der Waals surface area contributed by atoms with Crippen LogP contribution in [0.3, 0.4) is 0 Å². The van der Waals surface area contributed by atoms with E-state index < -0.39 is 8.60 Å². The molecule has 0 amide bonds. The minimum absolute atomic E-state index is 0.573. The first-order valence-electron chi connectivity index (χ1n) is 7.68. The van der Waals surface area contributed by atoms with Crippen molar-refractivity contribution in [2.45, 2.75) is 58.3 Å². The van der Waals surface area contributed by atoms with Crippen LogP contribution in [0, 0.1) is 0 Å². The van der Waals surface area contributed by atoms with Crippen LogP contribution in [0.4, 0.5) is 0 Å². The van der Waals surface area contributed by atoms with E-state index in [0.29, 0.717) is 12.4 Å². The van der Waals surface area contributed by atoms with Gasteiger partial charge in [0.05, 0.1) is 6.61 Å². The predicted octanol–water partition coefficient (Wildman–Crippen LogP) is 5.44.